The van der Waals surface area contributed by atoms with E-state index in [2.05, 4.69) is 136 Å². The third-order valence-corrected chi connectivity index (χ3v) is 8.94. The van der Waals surface area contributed by atoms with E-state index in [9.17, 15) is 0 Å². The highest BCUT2D eigenvalue weighted by molar-refractivity contribution is 6.05. The van der Waals surface area contributed by atoms with E-state index in [1.54, 1.807) is 0 Å². The zero-order chi connectivity index (χ0) is 37.3. The first kappa shape index (κ1) is 44.7. The molecule has 3 aromatic carbocycles. The van der Waals surface area contributed by atoms with Gasteiger partial charge in [-0.05, 0) is 142 Å². The predicted molar refractivity (Wildman–Crippen MR) is 223 cm³/mol. The second-order valence-electron chi connectivity index (χ2n) is 13.4. The van der Waals surface area contributed by atoms with Gasteiger partial charge in [-0.25, -0.2) is 0 Å². The normalized spacial score (nSPS) is 11.3. The van der Waals surface area contributed by atoms with Gasteiger partial charge in [-0.3, -0.25) is 9.80 Å². The summed E-state index contributed by atoms with van der Waals surface area (Å²) >= 11 is 0. The first-order valence-corrected chi connectivity index (χ1v) is 18.9. The molecule has 6 heteroatoms. The number of unbranched alkanes of at least 4 members (excludes halogenated alkanes) is 1. The Balaban J connectivity index is 0.00000301. The van der Waals surface area contributed by atoms with Gasteiger partial charge in [-0.15, -0.1) is 0 Å². The molecule has 0 saturated heterocycles. The highest BCUT2D eigenvalue weighted by atomic mass is 15.1. The standard InChI is InChI=1S/C42H62N4.CH3B.CH5N/c1-8-10-20-45(31-37-18-12-11-13-19-37)22-15-23-46(32-40-27-38(16-9-2)28-41(30-40)35(5)43)21-14-17-33(3)24-39-25-34(4)26-42(29-39)36(6)44-7;2*1-2/h11-13,18-19,25-30,33,44H,5-6,8-10,14-17,20-24,31-32,43H2,1-4,7H3;1H3;2H2,1H3. The number of nitrogens with zero attached hydrogens (tertiary/aromatic N) is 2. The Morgan fingerprint density at radius 1 is 0.740 bits per heavy atom. The van der Waals surface area contributed by atoms with Crippen LogP contribution in [-0.2, 0) is 25.9 Å². The lowest BCUT2D eigenvalue weighted by atomic mass is 9.93. The van der Waals surface area contributed by atoms with Crippen LogP contribution >= 0.6 is 0 Å². The molecular formula is C44H70BN5. The van der Waals surface area contributed by atoms with Crippen LogP contribution in [0.3, 0.4) is 0 Å². The van der Waals surface area contributed by atoms with Crippen LogP contribution in [0.1, 0.15) is 98.2 Å². The van der Waals surface area contributed by atoms with Crippen molar-refractivity contribution in [3.63, 3.8) is 0 Å². The van der Waals surface area contributed by atoms with Crippen molar-refractivity contribution >= 4 is 19.2 Å². The van der Waals surface area contributed by atoms with Crippen LogP contribution in [0.5, 0.6) is 0 Å². The quantitative estimate of drug-likeness (QED) is 0.0926. The van der Waals surface area contributed by atoms with Crippen molar-refractivity contribution in [2.24, 2.45) is 17.4 Å². The molecule has 0 bridgehead atoms. The second kappa shape index (κ2) is 26.5. The Hall–Kier alpha value is -3.32. The number of rotatable bonds is 22. The van der Waals surface area contributed by atoms with Gasteiger partial charge in [0.2, 0.25) is 0 Å². The van der Waals surface area contributed by atoms with Crippen molar-refractivity contribution in [3.8, 4) is 0 Å². The smallest absolute Gasteiger partial charge is 0.0606 e. The molecule has 0 aliphatic rings. The number of hydrogen-bond acceptors (Lipinski definition) is 5. The van der Waals surface area contributed by atoms with Crippen molar-refractivity contribution in [2.75, 3.05) is 40.3 Å². The van der Waals surface area contributed by atoms with Crippen molar-refractivity contribution < 1.29 is 0 Å². The van der Waals surface area contributed by atoms with E-state index in [1.807, 2.05) is 7.05 Å². The van der Waals surface area contributed by atoms with Crippen molar-refractivity contribution in [3.05, 3.63) is 119 Å². The highest BCUT2D eigenvalue weighted by Gasteiger charge is 2.13. The minimum Gasteiger partial charge on any atom is -0.399 e. The molecule has 0 heterocycles. The molecule has 3 rings (SSSR count). The summed E-state index contributed by atoms with van der Waals surface area (Å²) in [6, 6.07) is 24.7. The summed E-state index contributed by atoms with van der Waals surface area (Å²) in [5, 5.41) is 3.21. The molecule has 0 aromatic heterocycles. The van der Waals surface area contributed by atoms with Gasteiger partial charge in [0, 0.05) is 31.5 Å². The van der Waals surface area contributed by atoms with Gasteiger partial charge in [0.15, 0.2) is 0 Å². The Labute approximate surface area is 309 Å². The van der Waals surface area contributed by atoms with Crippen LogP contribution in [0, 0.1) is 12.8 Å². The van der Waals surface area contributed by atoms with E-state index in [1.165, 1.54) is 79.4 Å². The van der Waals surface area contributed by atoms with Crippen LogP contribution < -0.4 is 16.8 Å². The summed E-state index contributed by atoms with van der Waals surface area (Å²) in [6.07, 6.45) is 9.34. The molecule has 50 heavy (non-hydrogen) atoms. The monoisotopic (exact) mass is 680 g/mol. The van der Waals surface area contributed by atoms with Gasteiger partial charge in [-0.2, -0.15) is 0 Å². The summed E-state index contributed by atoms with van der Waals surface area (Å²) in [5.74, 6) is 0.620. The maximum Gasteiger partial charge on any atom is 0.0606 e. The lowest BCUT2D eigenvalue weighted by Gasteiger charge is -2.27. The van der Waals surface area contributed by atoms with Crippen molar-refractivity contribution in [1.29, 1.82) is 0 Å². The van der Waals surface area contributed by atoms with Gasteiger partial charge >= 0.3 is 0 Å². The van der Waals surface area contributed by atoms with E-state index < -0.39 is 0 Å². The first-order valence-electron chi connectivity index (χ1n) is 18.9. The van der Waals surface area contributed by atoms with Crippen molar-refractivity contribution in [2.45, 2.75) is 99.0 Å². The Bertz CT molecular complexity index is 1360. The molecule has 1 atom stereocenters. The number of nitrogens with two attached hydrogens (primary N) is 2. The van der Waals surface area contributed by atoms with Crippen LogP contribution in [0.2, 0.25) is 6.82 Å². The zero-order valence-corrected chi connectivity index (χ0v) is 32.9. The molecule has 0 saturated carbocycles. The number of hydrogen-bond donors (Lipinski definition) is 3. The number of aryl methyl sites for hydroxylation is 2. The molecule has 5 nitrogen and oxygen atoms in total. The second-order valence-corrected chi connectivity index (χ2v) is 13.4. The molecule has 2 radical (unpaired) electrons. The van der Waals surface area contributed by atoms with E-state index >= 15 is 0 Å². The molecular weight excluding hydrogens is 609 g/mol. The Kier molecular flexibility index (Phi) is 23.7. The van der Waals surface area contributed by atoms with E-state index in [4.69, 9.17) is 5.73 Å². The fraction of sp³-hybridized carbons (Fsp3) is 0.500. The van der Waals surface area contributed by atoms with Crippen LogP contribution in [0.15, 0.2) is 79.9 Å². The topological polar surface area (TPSA) is 70.5 Å². The van der Waals surface area contributed by atoms with Crippen LogP contribution in [-0.4, -0.2) is 57.9 Å². The molecule has 274 valence electrons. The van der Waals surface area contributed by atoms with E-state index in [0.29, 0.717) is 11.6 Å². The van der Waals surface area contributed by atoms with Gasteiger partial charge < -0.3 is 16.8 Å². The molecule has 5 N–H and O–H groups in total. The van der Waals surface area contributed by atoms with Gasteiger partial charge in [-0.1, -0.05) is 102 Å². The maximum atomic E-state index is 6.19. The Morgan fingerprint density at radius 3 is 1.92 bits per heavy atom. The summed E-state index contributed by atoms with van der Waals surface area (Å²) in [4.78, 5) is 5.33. The molecule has 0 fully saturated rings. The maximum absolute atomic E-state index is 6.19. The zero-order valence-electron chi connectivity index (χ0n) is 32.9. The molecule has 0 spiro atoms. The molecule has 3 aromatic rings. The SMILES string of the molecule is C=C(N)c1cc(CCC)cc(CN(CCCC(C)Cc2cc(C)cc(C(=C)NC)c2)CCCN(CCCC)Cc2ccccc2)c1.CN.[B]C. The van der Waals surface area contributed by atoms with Gasteiger partial charge in [0.25, 0.3) is 0 Å². The predicted octanol–water partition coefficient (Wildman–Crippen LogP) is 9.00. The lowest BCUT2D eigenvalue weighted by molar-refractivity contribution is 0.210. The lowest BCUT2D eigenvalue weighted by Crippen LogP contribution is -2.31. The average molecular weight is 680 g/mol. The number of benzene rings is 3. The first-order chi connectivity index (χ1) is 24.2. The fourth-order valence-electron chi connectivity index (χ4n) is 6.48. The summed E-state index contributed by atoms with van der Waals surface area (Å²) < 4.78 is 0. The van der Waals surface area contributed by atoms with Crippen LogP contribution in [0.25, 0.3) is 11.4 Å². The minimum atomic E-state index is 0.620. The molecule has 0 amide bonds. The summed E-state index contributed by atoms with van der Waals surface area (Å²) in [6.45, 7) is 25.3. The average Bonchev–Trinajstić information content (AvgIpc) is 3.12. The largest absolute Gasteiger partial charge is 0.399 e. The third-order valence-electron chi connectivity index (χ3n) is 8.94. The van der Waals surface area contributed by atoms with Crippen molar-refractivity contribution in [1.82, 2.24) is 15.1 Å². The molecule has 0 aliphatic heterocycles. The minimum absolute atomic E-state index is 0.620. The fourth-order valence-corrected chi connectivity index (χ4v) is 6.48. The number of nitrogens with one attached hydrogen (secondary N) is 1. The van der Waals surface area contributed by atoms with E-state index in [-0.39, 0.29) is 0 Å². The molecule has 0 aliphatic carbocycles. The third kappa shape index (κ3) is 17.6. The van der Waals surface area contributed by atoms with Crippen LogP contribution in [0.4, 0.5) is 0 Å². The Morgan fingerprint density at radius 2 is 1.32 bits per heavy atom. The van der Waals surface area contributed by atoms with Gasteiger partial charge in [0.1, 0.15) is 0 Å². The van der Waals surface area contributed by atoms with E-state index in [0.717, 1.165) is 69.8 Å². The summed E-state index contributed by atoms with van der Waals surface area (Å²) in [7, 11) is 7.94. The summed E-state index contributed by atoms with van der Waals surface area (Å²) in [5.41, 5.74) is 21.4. The molecule has 1 unspecified atom stereocenters. The van der Waals surface area contributed by atoms with Gasteiger partial charge in [0.05, 0.1) is 7.85 Å². The highest BCUT2D eigenvalue weighted by Crippen LogP contribution is 2.22.